The van der Waals surface area contributed by atoms with Gasteiger partial charge in [-0.3, -0.25) is 9.78 Å². The van der Waals surface area contributed by atoms with Gasteiger partial charge in [0.15, 0.2) is 9.84 Å². The molecule has 1 aromatic rings. The zero-order chi connectivity index (χ0) is 12.3. The molecule has 0 aromatic carbocycles. The SMILES string of the molecule is CCC(=O)Cc1cc(S(C)(=O)=O)cc(C)n1. The molecule has 4 nitrogen and oxygen atoms in total. The minimum atomic E-state index is -3.24. The third-order valence-electron chi connectivity index (χ3n) is 2.18. The van der Waals surface area contributed by atoms with E-state index in [-0.39, 0.29) is 17.1 Å². The fourth-order valence-corrected chi connectivity index (χ4v) is 2.07. The number of hydrogen-bond acceptors (Lipinski definition) is 4. The molecule has 0 radical (unpaired) electrons. The first-order valence-electron chi connectivity index (χ1n) is 5.02. The molecule has 0 aliphatic heterocycles. The summed E-state index contributed by atoms with van der Waals surface area (Å²) in [5.74, 6) is 0.0533. The van der Waals surface area contributed by atoms with E-state index in [4.69, 9.17) is 0 Å². The molecule has 0 aliphatic rings. The van der Waals surface area contributed by atoms with Crippen LogP contribution in [0.2, 0.25) is 0 Å². The molecule has 0 amide bonds. The molecule has 1 heterocycles. The Morgan fingerprint density at radius 1 is 1.38 bits per heavy atom. The van der Waals surface area contributed by atoms with Crippen molar-refractivity contribution in [2.45, 2.75) is 31.6 Å². The number of rotatable bonds is 4. The van der Waals surface area contributed by atoms with E-state index in [9.17, 15) is 13.2 Å². The van der Waals surface area contributed by atoms with E-state index in [2.05, 4.69) is 4.98 Å². The monoisotopic (exact) mass is 241 g/mol. The van der Waals surface area contributed by atoms with Crippen LogP contribution in [0, 0.1) is 6.92 Å². The molecule has 0 atom stereocenters. The highest BCUT2D eigenvalue weighted by molar-refractivity contribution is 7.90. The van der Waals surface area contributed by atoms with Gasteiger partial charge in [-0.2, -0.15) is 0 Å². The number of carbonyl (C=O) groups is 1. The molecule has 0 saturated carbocycles. The second-order valence-corrected chi connectivity index (χ2v) is 5.79. The molecule has 5 heteroatoms. The quantitative estimate of drug-likeness (QED) is 0.797. The van der Waals surface area contributed by atoms with Crippen molar-refractivity contribution in [1.29, 1.82) is 0 Å². The minimum absolute atomic E-state index is 0.0533. The van der Waals surface area contributed by atoms with Crippen molar-refractivity contribution < 1.29 is 13.2 Å². The predicted molar refractivity (Wildman–Crippen MR) is 61.1 cm³/mol. The molecule has 0 N–H and O–H groups in total. The normalized spacial score (nSPS) is 11.4. The molecule has 0 saturated heterocycles. The van der Waals surface area contributed by atoms with E-state index >= 15 is 0 Å². The van der Waals surface area contributed by atoms with Crippen molar-refractivity contribution in [3.8, 4) is 0 Å². The molecule has 16 heavy (non-hydrogen) atoms. The molecule has 0 fully saturated rings. The summed E-state index contributed by atoms with van der Waals surface area (Å²) in [5.41, 5.74) is 1.13. The first-order chi connectivity index (χ1) is 7.32. The Kier molecular flexibility index (Phi) is 3.80. The number of hydrogen-bond donors (Lipinski definition) is 0. The van der Waals surface area contributed by atoms with Gasteiger partial charge in [0.2, 0.25) is 0 Å². The number of aryl methyl sites for hydroxylation is 1. The number of nitrogens with zero attached hydrogens (tertiary/aromatic N) is 1. The van der Waals surface area contributed by atoms with Crippen molar-refractivity contribution in [2.75, 3.05) is 6.26 Å². The lowest BCUT2D eigenvalue weighted by molar-refractivity contribution is -0.118. The standard InChI is InChI=1S/C11H15NO3S/c1-4-10(13)6-9-7-11(16(3,14)15)5-8(2)12-9/h5,7H,4,6H2,1-3H3. The zero-order valence-corrected chi connectivity index (χ0v) is 10.5. The summed E-state index contributed by atoms with van der Waals surface area (Å²) in [6.07, 6.45) is 1.78. The molecular formula is C11H15NO3S. The second-order valence-electron chi connectivity index (χ2n) is 3.78. The molecule has 88 valence electrons. The molecule has 0 spiro atoms. The predicted octanol–water partition coefficient (Wildman–Crippen LogP) is 1.32. The summed E-state index contributed by atoms with van der Waals surface area (Å²) in [6.45, 7) is 3.49. The summed E-state index contributed by atoms with van der Waals surface area (Å²) >= 11 is 0. The smallest absolute Gasteiger partial charge is 0.175 e. The summed E-state index contributed by atoms with van der Waals surface area (Å²) in [4.78, 5) is 15.6. The Bertz CT molecular complexity index is 506. The molecule has 1 rings (SSSR count). The minimum Gasteiger partial charge on any atom is -0.299 e. The average Bonchev–Trinajstić information content (AvgIpc) is 2.15. The number of Topliss-reactive ketones (excluding diaryl/α,β-unsaturated/α-hetero) is 1. The number of aromatic nitrogens is 1. The summed E-state index contributed by atoms with van der Waals surface area (Å²) in [7, 11) is -3.24. The van der Waals surface area contributed by atoms with Crippen LogP contribution in [-0.4, -0.2) is 25.4 Å². The van der Waals surface area contributed by atoms with Crippen LogP contribution in [-0.2, 0) is 21.1 Å². The van der Waals surface area contributed by atoms with Crippen LogP contribution < -0.4 is 0 Å². The Hall–Kier alpha value is -1.23. The van der Waals surface area contributed by atoms with E-state index < -0.39 is 9.84 Å². The maximum atomic E-state index is 11.4. The number of ketones is 1. The van der Waals surface area contributed by atoms with Gasteiger partial charge in [-0.25, -0.2) is 8.42 Å². The summed E-state index contributed by atoms with van der Waals surface area (Å²) in [6, 6.07) is 2.98. The van der Waals surface area contributed by atoms with Crippen molar-refractivity contribution in [1.82, 2.24) is 4.98 Å². The topological polar surface area (TPSA) is 64.1 Å². The van der Waals surface area contributed by atoms with Crippen LogP contribution in [0.4, 0.5) is 0 Å². The highest BCUT2D eigenvalue weighted by Gasteiger charge is 2.11. The average molecular weight is 241 g/mol. The Morgan fingerprint density at radius 3 is 2.50 bits per heavy atom. The van der Waals surface area contributed by atoms with E-state index in [1.807, 2.05) is 0 Å². The van der Waals surface area contributed by atoms with Gasteiger partial charge >= 0.3 is 0 Å². The van der Waals surface area contributed by atoms with Gasteiger partial charge in [0.05, 0.1) is 4.90 Å². The van der Waals surface area contributed by atoms with Gasteiger partial charge in [0, 0.05) is 30.5 Å². The summed E-state index contributed by atoms with van der Waals surface area (Å²) < 4.78 is 22.8. The van der Waals surface area contributed by atoms with Crippen molar-refractivity contribution in [3.63, 3.8) is 0 Å². The highest BCUT2D eigenvalue weighted by Crippen LogP contribution is 2.12. The van der Waals surface area contributed by atoms with E-state index in [1.54, 1.807) is 13.8 Å². The van der Waals surface area contributed by atoms with E-state index in [1.165, 1.54) is 12.1 Å². The fourth-order valence-electron chi connectivity index (χ4n) is 1.33. The molecule has 0 unspecified atom stereocenters. The Morgan fingerprint density at radius 2 is 2.00 bits per heavy atom. The summed E-state index contributed by atoms with van der Waals surface area (Å²) in [5, 5.41) is 0. The molecular weight excluding hydrogens is 226 g/mol. The molecule has 0 aliphatic carbocycles. The van der Waals surface area contributed by atoms with Gasteiger partial charge in [0.25, 0.3) is 0 Å². The lowest BCUT2D eigenvalue weighted by Crippen LogP contribution is -2.06. The third kappa shape index (κ3) is 3.41. The molecule has 1 aromatic heterocycles. The first-order valence-corrected chi connectivity index (χ1v) is 6.91. The van der Waals surface area contributed by atoms with Gasteiger partial charge in [-0.05, 0) is 19.1 Å². The van der Waals surface area contributed by atoms with E-state index in [0.717, 1.165) is 6.26 Å². The van der Waals surface area contributed by atoms with Crippen molar-refractivity contribution >= 4 is 15.6 Å². The fraction of sp³-hybridized carbons (Fsp3) is 0.455. The zero-order valence-electron chi connectivity index (χ0n) is 9.65. The maximum Gasteiger partial charge on any atom is 0.175 e. The van der Waals surface area contributed by atoms with Crippen LogP contribution in [0.1, 0.15) is 24.7 Å². The molecule has 0 bridgehead atoms. The van der Waals surface area contributed by atoms with E-state index in [0.29, 0.717) is 17.8 Å². The largest absolute Gasteiger partial charge is 0.299 e. The maximum absolute atomic E-state index is 11.4. The van der Waals surface area contributed by atoms with Crippen LogP contribution in [0.3, 0.4) is 0 Å². The highest BCUT2D eigenvalue weighted by atomic mass is 32.2. The van der Waals surface area contributed by atoms with Crippen LogP contribution in [0.5, 0.6) is 0 Å². The first kappa shape index (κ1) is 12.8. The van der Waals surface area contributed by atoms with Gasteiger partial charge in [-0.15, -0.1) is 0 Å². The lowest BCUT2D eigenvalue weighted by atomic mass is 10.1. The van der Waals surface area contributed by atoms with Crippen LogP contribution in [0.25, 0.3) is 0 Å². The Labute approximate surface area is 95.6 Å². The third-order valence-corrected chi connectivity index (χ3v) is 3.27. The van der Waals surface area contributed by atoms with Gasteiger partial charge in [0.1, 0.15) is 5.78 Å². The van der Waals surface area contributed by atoms with Crippen LogP contribution in [0.15, 0.2) is 17.0 Å². The number of pyridine rings is 1. The number of sulfone groups is 1. The van der Waals surface area contributed by atoms with Crippen LogP contribution >= 0.6 is 0 Å². The van der Waals surface area contributed by atoms with Crippen molar-refractivity contribution in [3.05, 3.63) is 23.5 Å². The Balaban J connectivity index is 3.14. The number of carbonyl (C=O) groups excluding carboxylic acids is 1. The van der Waals surface area contributed by atoms with Gasteiger partial charge < -0.3 is 0 Å². The van der Waals surface area contributed by atoms with Crippen molar-refractivity contribution in [2.24, 2.45) is 0 Å². The lowest BCUT2D eigenvalue weighted by Gasteiger charge is -2.04. The second kappa shape index (κ2) is 4.74. The van der Waals surface area contributed by atoms with Gasteiger partial charge in [-0.1, -0.05) is 6.92 Å².